The Labute approximate surface area is 137 Å². The van der Waals surface area contributed by atoms with Gasteiger partial charge < -0.3 is 9.84 Å². The lowest BCUT2D eigenvalue weighted by atomic mass is 9.81. The Morgan fingerprint density at radius 3 is 2.71 bits per heavy atom. The molecule has 1 unspecified atom stereocenters. The molecule has 3 nitrogen and oxygen atoms in total. The first-order valence-electron chi connectivity index (χ1n) is 7.93. The highest BCUT2D eigenvalue weighted by Crippen LogP contribution is 2.36. The molecule has 0 fully saturated rings. The van der Waals surface area contributed by atoms with Crippen LogP contribution >= 0.6 is 0 Å². The fourth-order valence-corrected chi connectivity index (χ4v) is 2.83. The molecule has 0 heterocycles. The normalized spacial score (nSPS) is 21.9. The highest BCUT2D eigenvalue weighted by molar-refractivity contribution is 5.80. The van der Waals surface area contributed by atoms with Crippen LogP contribution in [0.15, 0.2) is 18.2 Å². The number of alkyl halides is 4. The van der Waals surface area contributed by atoms with E-state index < -0.39 is 23.9 Å². The van der Waals surface area contributed by atoms with Crippen LogP contribution in [0, 0.1) is 0 Å². The lowest BCUT2D eigenvalue weighted by molar-refractivity contribution is -0.229. The number of halogens is 4. The number of phenolic OH excluding ortho intramolecular Hbond substituents is 1. The molecule has 0 amide bonds. The summed E-state index contributed by atoms with van der Waals surface area (Å²) < 4.78 is 58.3. The Morgan fingerprint density at radius 1 is 1.38 bits per heavy atom. The molecule has 24 heavy (non-hydrogen) atoms. The first-order valence-corrected chi connectivity index (χ1v) is 7.93. The van der Waals surface area contributed by atoms with Gasteiger partial charge in [0.1, 0.15) is 5.75 Å². The third-order valence-corrected chi connectivity index (χ3v) is 4.25. The number of benzene rings is 1. The number of fused-ring (bicyclic) bond motifs is 1. The van der Waals surface area contributed by atoms with Crippen molar-refractivity contribution in [3.8, 4) is 5.75 Å². The van der Waals surface area contributed by atoms with Crippen LogP contribution in [-0.4, -0.2) is 29.0 Å². The van der Waals surface area contributed by atoms with Crippen molar-refractivity contribution in [2.45, 2.75) is 63.4 Å². The second-order valence-corrected chi connectivity index (χ2v) is 6.17. The number of aryl methyl sites for hydroxylation is 1. The van der Waals surface area contributed by atoms with Gasteiger partial charge in [0.25, 0.3) is 0 Å². The lowest BCUT2D eigenvalue weighted by Gasteiger charge is -2.31. The zero-order chi connectivity index (χ0) is 18.0. The van der Waals surface area contributed by atoms with E-state index in [-0.39, 0.29) is 37.9 Å². The summed E-state index contributed by atoms with van der Waals surface area (Å²) in [5.74, 6) is -1.43. The van der Waals surface area contributed by atoms with E-state index >= 15 is 0 Å². The van der Waals surface area contributed by atoms with Gasteiger partial charge in [0.15, 0.2) is 6.10 Å². The third kappa shape index (κ3) is 4.19. The minimum atomic E-state index is -4.71. The van der Waals surface area contributed by atoms with Crippen molar-refractivity contribution in [2.24, 2.45) is 0 Å². The van der Waals surface area contributed by atoms with E-state index in [1.54, 1.807) is 6.92 Å². The van der Waals surface area contributed by atoms with Crippen molar-refractivity contribution in [2.75, 3.05) is 0 Å². The molecule has 1 aromatic rings. The van der Waals surface area contributed by atoms with Gasteiger partial charge >= 0.3 is 12.1 Å². The molecule has 0 radical (unpaired) electrons. The second kappa shape index (κ2) is 6.99. The van der Waals surface area contributed by atoms with Gasteiger partial charge in [0.2, 0.25) is 5.67 Å². The van der Waals surface area contributed by atoms with Gasteiger partial charge in [-0.05, 0) is 48.9 Å². The van der Waals surface area contributed by atoms with E-state index in [1.165, 1.54) is 18.2 Å². The maximum absolute atomic E-state index is 14.9. The quantitative estimate of drug-likeness (QED) is 0.639. The molecule has 2 atom stereocenters. The molecule has 1 aliphatic rings. The fourth-order valence-electron chi connectivity index (χ4n) is 2.83. The predicted octanol–water partition coefficient (Wildman–Crippen LogP) is 4.25. The number of unbranched alkanes of at least 4 members (excludes halogenated alkanes) is 1. The molecule has 0 bridgehead atoms. The number of rotatable bonds is 5. The zero-order valence-electron chi connectivity index (χ0n) is 13.3. The third-order valence-electron chi connectivity index (χ3n) is 4.25. The van der Waals surface area contributed by atoms with E-state index in [4.69, 9.17) is 0 Å². The first kappa shape index (κ1) is 18.5. The highest BCUT2D eigenvalue weighted by Gasteiger charge is 2.48. The highest BCUT2D eigenvalue weighted by atomic mass is 19.4. The number of carbonyl (C=O) groups excluding carboxylic acids is 1. The van der Waals surface area contributed by atoms with Crippen LogP contribution in [0.25, 0.3) is 0 Å². The van der Waals surface area contributed by atoms with Gasteiger partial charge in [-0.2, -0.15) is 13.2 Å². The molecule has 134 valence electrons. The van der Waals surface area contributed by atoms with Crippen molar-refractivity contribution in [3.05, 3.63) is 29.3 Å². The molecule has 0 aliphatic heterocycles. The van der Waals surface area contributed by atoms with Crippen LogP contribution in [0.4, 0.5) is 17.6 Å². The molecular weight excluding hydrogens is 328 g/mol. The van der Waals surface area contributed by atoms with E-state index in [9.17, 15) is 27.5 Å². The van der Waals surface area contributed by atoms with Crippen LogP contribution < -0.4 is 0 Å². The van der Waals surface area contributed by atoms with Crippen molar-refractivity contribution in [3.63, 3.8) is 0 Å². The summed E-state index contributed by atoms with van der Waals surface area (Å²) in [6, 6.07) is 4.31. The Kier molecular flexibility index (Phi) is 5.40. The maximum Gasteiger partial charge on any atom is 0.425 e. The summed E-state index contributed by atoms with van der Waals surface area (Å²) in [7, 11) is 0. The number of hydrogen-bond donors (Lipinski definition) is 1. The minimum absolute atomic E-state index is 0.0272. The Hall–Kier alpha value is -1.79. The smallest absolute Gasteiger partial charge is 0.425 e. The summed E-state index contributed by atoms with van der Waals surface area (Å²) in [4.78, 5) is 12.1. The van der Waals surface area contributed by atoms with Gasteiger partial charge in [0, 0.05) is 6.42 Å². The SMILES string of the molecule is CCCC[C@@H](OC(=O)C1(F)CCc2cc(O)ccc2C1)C(F)(F)F. The van der Waals surface area contributed by atoms with Crippen LogP contribution in [0.5, 0.6) is 5.75 Å². The average molecular weight is 348 g/mol. The number of hydrogen-bond acceptors (Lipinski definition) is 3. The maximum atomic E-state index is 14.9. The van der Waals surface area contributed by atoms with Gasteiger partial charge in [-0.15, -0.1) is 0 Å². The van der Waals surface area contributed by atoms with Crippen LogP contribution in [0.3, 0.4) is 0 Å². The first-order chi connectivity index (χ1) is 11.2. The lowest BCUT2D eigenvalue weighted by Crippen LogP contribution is -2.45. The van der Waals surface area contributed by atoms with E-state index in [0.29, 0.717) is 17.5 Å². The number of carbonyl (C=O) groups is 1. The van der Waals surface area contributed by atoms with Crippen LogP contribution in [0.2, 0.25) is 0 Å². The number of phenols is 1. The average Bonchev–Trinajstić information content (AvgIpc) is 2.50. The van der Waals surface area contributed by atoms with Gasteiger partial charge in [-0.1, -0.05) is 19.4 Å². The molecule has 7 heteroatoms. The Morgan fingerprint density at radius 2 is 2.08 bits per heavy atom. The molecular formula is C17H20F4O3. The van der Waals surface area contributed by atoms with Crippen molar-refractivity contribution >= 4 is 5.97 Å². The summed E-state index contributed by atoms with van der Waals surface area (Å²) in [6.07, 6.45) is -7.06. The summed E-state index contributed by atoms with van der Waals surface area (Å²) >= 11 is 0. The molecule has 0 aromatic heterocycles. The second-order valence-electron chi connectivity index (χ2n) is 6.17. The molecule has 1 aliphatic carbocycles. The number of esters is 1. The van der Waals surface area contributed by atoms with E-state index in [1.807, 2.05) is 0 Å². The number of aromatic hydroxyl groups is 1. The van der Waals surface area contributed by atoms with E-state index in [0.717, 1.165) is 0 Å². The van der Waals surface area contributed by atoms with Gasteiger partial charge in [0.05, 0.1) is 0 Å². The van der Waals surface area contributed by atoms with Crippen LogP contribution in [0.1, 0.15) is 43.7 Å². The van der Waals surface area contributed by atoms with E-state index in [2.05, 4.69) is 4.74 Å². The topological polar surface area (TPSA) is 46.5 Å². The summed E-state index contributed by atoms with van der Waals surface area (Å²) in [5.41, 5.74) is -1.29. The standard InChI is InChI=1S/C17H20F4O3/c1-2-3-4-14(17(19,20)21)24-15(23)16(18)8-7-11-9-13(22)6-5-12(11)10-16/h5-6,9,14,22H,2-4,7-8,10H2,1H3/t14-,16?/m1/s1. The molecule has 1 N–H and O–H groups in total. The molecule has 2 rings (SSSR count). The molecule has 0 spiro atoms. The van der Waals surface area contributed by atoms with Crippen molar-refractivity contribution in [1.29, 1.82) is 0 Å². The van der Waals surface area contributed by atoms with Gasteiger partial charge in [-0.3, -0.25) is 0 Å². The monoisotopic (exact) mass is 348 g/mol. The van der Waals surface area contributed by atoms with Crippen molar-refractivity contribution < 1.29 is 32.2 Å². The Bertz CT molecular complexity index is 600. The number of ether oxygens (including phenoxy) is 1. The van der Waals surface area contributed by atoms with Crippen molar-refractivity contribution in [1.82, 2.24) is 0 Å². The predicted molar refractivity (Wildman–Crippen MR) is 79.4 cm³/mol. The largest absolute Gasteiger partial charge is 0.508 e. The van der Waals surface area contributed by atoms with Gasteiger partial charge in [-0.25, -0.2) is 9.18 Å². The fraction of sp³-hybridized carbons (Fsp3) is 0.588. The van der Waals surface area contributed by atoms with Crippen LogP contribution in [-0.2, 0) is 22.4 Å². The molecule has 0 saturated heterocycles. The summed E-state index contributed by atoms with van der Waals surface area (Å²) in [6.45, 7) is 1.72. The minimum Gasteiger partial charge on any atom is -0.508 e. The summed E-state index contributed by atoms with van der Waals surface area (Å²) in [5, 5.41) is 9.41. The molecule has 0 saturated carbocycles. The Balaban J connectivity index is 2.12. The zero-order valence-corrected chi connectivity index (χ0v) is 13.3. The molecule has 1 aromatic carbocycles.